The van der Waals surface area contributed by atoms with Gasteiger partial charge in [0, 0.05) is 11.6 Å². The number of carbonyl (C=O) groups excluding carboxylic acids is 2. The van der Waals surface area contributed by atoms with Gasteiger partial charge in [-0.05, 0) is 43.7 Å². The lowest BCUT2D eigenvalue weighted by Gasteiger charge is -2.10. The average Bonchev–Trinajstić information content (AvgIpc) is 3.05. The molecule has 0 saturated carbocycles. The molecule has 0 aliphatic rings. The highest BCUT2D eigenvalue weighted by molar-refractivity contribution is 7.90. The number of aromatic nitrogens is 3. The molecule has 0 saturated heterocycles. The Labute approximate surface area is 196 Å². The van der Waals surface area contributed by atoms with Crippen LogP contribution in [0.15, 0.2) is 59.5 Å². The molecule has 34 heavy (non-hydrogen) atoms. The summed E-state index contributed by atoms with van der Waals surface area (Å²) in [5, 5.41) is 7.90. The zero-order valence-corrected chi connectivity index (χ0v) is 19.7. The number of nitrogens with one attached hydrogen (secondary N) is 1. The van der Waals surface area contributed by atoms with Crippen molar-refractivity contribution in [1.82, 2.24) is 14.8 Å². The fraction of sp³-hybridized carbons (Fsp3) is 0.167. The fourth-order valence-corrected chi connectivity index (χ4v) is 4.44. The van der Waals surface area contributed by atoms with E-state index in [0.717, 1.165) is 11.8 Å². The van der Waals surface area contributed by atoms with Crippen molar-refractivity contribution in [2.45, 2.75) is 25.3 Å². The molecule has 0 radical (unpaired) electrons. The second kappa shape index (κ2) is 8.71. The molecule has 9 nitrogen and oxygen atoms in total. The van der Waals surface area contributed by atoms with E-state index in [2.05, 4.69) is 15.4 Å². The van der Waals surface area contributed by atoms with Gasteiger partial charge in [-0.3, -0.25) is 14.3 Å². The predicted molar refractivity (Wildman–Crippen MR) is 129 cm³/mol. The second-order valence-corrected chi connectivity index (χ2v) is 10.0. The first-order chi connectivity index (χ1) is 16.0. The van der Waals surface area contributed by atoms with Gasteiger partial charge in [0.2, 0.25) is 5.91 Å². The number of nitrogens with two attached hydrogens (primary N) is 1. The van der Waals surface area contributed by atoms with Crippen molar-refractivity contribution < 1.29 is 18.0 Å². The molecule has 0 unspecified atom stereocenters. The van der Waals surface area contributed by atoms with Gasteiger partial charge in [-0.25, -0.2) is 13.4 Å². The van der Waals surface area contributed by atoms with Crippen LogP contribution < -0.4 is 11.1 Å². The van der Waals surface area contributed by atoms with Crippen LogP contribution in [0.4, 0.5) is 5.69 Å². The number of amides is 2. The molecular formula is C24H23N5O4S. The number of aryl methyl sites for hydroxylation is 1. The first-order valence-corrected chi connectivity index (χ1v) is 12.3. The largest absolute Gasteiger partial charge is 0.366 e. The van der Waals surface area contributed by atoms with E-state index in [1.807, 2.05) is 6.07 Å². The summed E-state index contributed by atoms with van der Waals surface area (Å²) < 4.78 is 25.4. The van der Waals surface area contributed by atoms with Crippen LogP contribution in [0.2, 0.25) is 0 Å². The van der Waals surface area contributed by atoms with Gasteiger partial charge in [0.1, 0.15) is 5.69 Å². The average molecular weight is 478 g/mol. The lowest BCUT2D eigenvalue weighted by molar-refractivity contribution is 0.100. The lowest BCUT2D eigenvalue weighted by Crippen LogP contribution is -2.18. The Hall–Kier alpha value is -4.05. The van der Waals surface area contributed by atoms with Crippen molar-refractivity contribution in [3.63, 3.8) is 0 Å². The number of carbonyl (C=O) groups is 2. The minimum Gasteiger partial charge on any atom is -0.366 e. The topological polar surface area (TPSA) is 137 Å². The molecule has 0 aliphatic heterocycles. The van der Waals surface area contributed by atoms with Gasteiger partial charge in [-0.2, -0.15) is 5.10 Å². The smallest absolute Gasteiger partial charge is 0.274 e. The SMILES string of the molecule is Cc1nn(Cc2cccc(S(C)(=O)=O)c2)c(C)c1NC(=O)c1cc(C(N)=O)c2ccccc2n1. The van der Waals surface area contributed by atoms with Crippen molar-refractivity contribution in [2.75, 3.05) is 11.6 Å². The van der Waals surface area contributed by atoms with Crippen molar-refractivity contribution >= 4 is 38.2 Å². The number of hydrogen-bond acceptors (Lipinski definition) is 6. The first-order valence-electron chi connectivity index (χ1n) is 10.4. The number of primary amides is 1. The van der Waals surface area contributed by atoms with Crippen molar-refractivity contribution in [2.24, 2.45) is 5.73 Å². The highest BCUT2D eigenvalue weighted by Gasteiger charge is 2.19. The third-order valence-corrected chi connectivity index (χ3v) is 6.60. The third-order valence-electron chi connectivity index (χ3n) is 5.49. The zero-order chi connectivity index (χ0) is 24.6. The van der Waals surface area contributed by atoms with Crippen LogP contribution >= 0.6 is 0 Å². The van der Waals surface area contributed by atoms with Crippen molar-refractivity contribution in [3.05, 3.63) is 82.8 Å². The lowest BCUT2D eigenvalue weighted by atomic mass is 10.1. The Morgan fingerprint density at radius 2 is 1.79 bits per heavy atom. The van der Waals surface area contributed by atoms with Crippen LogP contribution in [0.5, 0.6) is 0 Å². The van der Waals surface area contributed by atoms with E-state index in [4.69, 9.17) is 5.73 Å². The molecule has 0 spiro atoms. The van der Waals surface area contributed by atoms with E-state index in [0.29, 0.717) is 34.5 Å². The summed E-state index contributed by atoms with van der Waals surface area (Å²) in [5.74, 6) is -1.15. The summed E-state index contributed by atoms with van der Waals surface area (Å²) in [4.78, 5) is 29.6. The minimum absolute atomic E-state index is 0.0555. The predicted octanol–water partition coefficient (Wildman–Crippen LogP) is 2.85. The molecule has 2 heterocycles. The maximum Gasteiger partial charge on any atom is 0.274 e. The molecule has 10 heteroatoms. The molecule has 0 atom stereocenters. The van der Waals surface area contributed by atoms with Crippen LogP contribution in [-0.4, -0.2) is 41.3 Å². The highest BCUT2D eigenvalue weighted by atomic mass is 32.2. The van der Waals surface area contributed by atoms with Crippen LogP contribution in [0.1, 0.15) is 37.8 Å². The molecule has 2 aromatic carbocycles. The molecule has 2 amide bonds. The molecule has 3 N–H and O–H groups in total. The normalized spacial score (nSPS) is 11.5. The quantitative estimate of drug-likeness (QED) is 0.438. The molecule has 4 aromatic rings. The van der Waals surface area contributed by atoms with E-state index in [1.165, 1.54) is 6.07 Å². The Balaban J connectivity index is 1.64. The number of benzene rings is 2. The van der Waals surface area contributed by atoms with Gasteiger partial charge in [0.05, 0.1) is 39.6 Å². The van der Waals surface area contributed by atoms with E-state index >= 15 is 0 Å². The number of fused-ring (bicyclic) bond motifs is 1. The number of para-hydroxylation sites is 1. The summed E-state index contributed by atoms with van der Waals surface area (Å²) in [5.41, 5.74) is 8.81. The van der Waals surface area contributed by atoms with E-state index in [9.17, 15) is 18.0 Å². The van der Waals surface area contributed by atoms with Gasteiger partial charge in [0.25, 0.3) is 5.91 Å². The number of pyridine rings is 1. The minimum atomic E-state index is -3.33. The van der Waals surface area contributed by atoms with Gasteiger partial charge < -0.3 is 11.1 Å². The summed E-state index contributed by atoms with van der Waals surface area (Å²) in [6.45, 7) is 3.89. The maximum absolute atomic E-state index is 13.0. The van der Waals surface area contributed by atoms with E-state index in [1.54, 1.807) is 61.0 Å². The summed E-state index contributed by atoms with van der Waals surface area (Å²) in [6.07, 6.45) is 1.16. The van der Waals surface area contributed by atoms with Gasteiger partial charge in [-0.15, -0.1) is 0 Å². The van der Waals surface area contributed by atoms with Crippen LogP contribution in [0.25, 0.3) is 10.9 Å². The van der Waals surface area contributed by atoms with E-state index < -0.39 is 21.7 Å². The summed E-state index contributed by atoms with van der Waals surface area (Å²) in [7, 11) is -3.33. The molecule has 4 rings (SSSR count). The highest BCUT2D eigenvalue weighted by Crippen LogP contribution is 2.23. The van der Waals surface area contributed by atoms with Crippen LogP contribution in [0, 0.1) is 13.8 Å². The number of nitrogens with zero attached hydrogens (tertiary/aromatic N) is 3. The molecule has 174 valence electrons. The third kappa shape index (κ3) is 4.53. The molecule has 2 aromatic heterocycles. The molecule has 0 fully saturated rings. The molecular weight excluding hydrogens is 454 g/mol. The van der Waals surface area contributed by atoms with Gasteiger partial charge in [0.15, 0.2) is 9.84 Å². The zero-order valence-electron chi connectivity index (χ0n) is 18.9. The summed E-state index contributed by atoms with van der Waals surface area (Å²) >= 11 is 0. The van der Waals surface area contributed by atoms with Crippen molar-refractivity contribution in [1.29, 1.82) is 0 Å². The van der Waals surface area contributed by atoms with E-state index in [-0.39, 0.29) is 16.2 Å². The number of sulfone groups is 1. The fourth-order valence-electron chi connectivity index (χ4n) is 3.75. The monoisotopic (exact) mass is 477 g/mol. The standard InChI is InChI=1S/C24H23N5O4S/c1-14-22(15(2)29(28-14)13-16-7-6-8-17(11-16)34(3,32)33)27-24(31)21-12-19(23(25)30)18-9-4-5-10-20(18)26-21/h4-12H,13H2,1-3H3,(H2,25,30)(H,27,31). The number of rotatable bonds is 6. The summed E-state index contributed by atoms with van der Waals surface area (Å²) in [6, 6.07) is 15.0. The van der Waals surface area contributed by atoms with Gasteiger partial charge >= 0.3 is 0 Å². The van der Waals surface area contributed by atoms with Crippen LogP contribution in [0.3, 0.4) is 0 Å². The number of anilines is 1. The Morgan fingerprint density at radius 3 is 2.50 bits per heavy atom. The Bertz CT molecular complexity index is 1560. The molecule has 0 aliphatic carbocycles. The van der Waals surface area contributed by atoms with Gasteiger partial charge in [-0.1, -0.05) is 30.3 Å². The Morgan fingerprint density at radius 1 is 1.06 bits per heavy atom. The van der Waals surface area contributed by atoms with Crippen LogP contribution in [-0.2, 0) is 16.4 Å². The maximum atomic E-state index is 13.0. The number of hydrogen-bond donors (Lipinski definition) is 2. The first kappa shape index (κ1) is 23.1. The molecule has 0 bridgehead atoms. The Kier molecular flexibility index (Phi) is 5.92. The van der Waals surface area contributed by atoms with Crippen molar-refractivity contribution in [3.8, 4) is 0 Å². The second-order valence-electron chi connectivity index (χ2n) is 8.01.